The lowest BCUT2D eigenvalue weighted by molar-refractivity contribution is 0.465. The maximum atomic E-state index is 7.66. The van der Waals surface area contributed by atoms with Crippen LogP contribution in [0.1, 0.15) is 103 Å². The lowest BCUT2D eigenvalue weighted by Crippen LogP contribution is -2.54. The largest absolute Gasteiger partial charge is 0.432 e. The van der Waals surface area contributed by atoms with Crippen LogP contribution >= 0.6 is 22.2 Å². The zero-order valence-corrected chi connectivity index (χ0v) is 19.3. The quantitative estimate of drug-likeness (QED) is 0.312. The van der Waals surface area contributed by atoms with Crippen LogP contribution in [0.15, 0.2) is 0 Å². The molecule has 0 saturated heterocycles. The maximum absolute atomic E-state index is 7.66. The van der Waals surface area contributed by atoms with Crippen LogP contribution in [0.2, 0.25) is 22.2 Å². The standard InChI is InChI=1S/C20H36Cl2OSi2/c21-24(17-9-1-2-10-17,18-11-3-4-12-18)23-25(22,19-13-5-6-14-19)20-15-7-8-16-20/h17-20H,1-16H2. The smallest absolute Gasteiger partial charge is 0.287 e. The normalized spacial score (nSPS) is 28.6. The van der Waals surface area contributed by atoms with Crippen molar-refractivity contribution in [1.29, 1.82) is 0 Å². The molecule has 4 rings (SSSR count). The van der Waals surface area contributed by atoms with Gasteiger partial charge >= 0.3 is 0 Å². The van der Waals surface area contributed by atoms with Crippen LogP contribution in [0.25, 0.3) is 0 Å². The molecule has 0 aliphatic heterocycles. The van der Waals surface area contributed by atoms with Gasteiger partial charge < -0.3 is 4.12 Å². The summed E-state index contributed by atoms with van der Waals surface area (Å²) in [6.45, 7) is 0. The Balaban J connectivity index is 1.62. The van der Waals surface area contributed by atoms with Crippen molar-refractivity contribution in [2.75, 3.05) is 0 Å². The molecule has 0 aromatic rings. The third kappa shape index (κ3) is 3.79. The molecule has 0 aromatic heterocycles. The van der Waals surface area contributed by atoms with Gasteiger partial charge in [0.1, 0.15) is 0 Å². The van der Waals surface area contributed by atoms with Gasteiger partial charge in [-0.2, -0.15) is 0 Å². The first-order valence-corrected chi connectivity index (χ1v) is 17.4. The zero-order chi connectivity index (χ0) is 17.3. The molecule has 0 bridgehead atoms. The molecule has 144 valence electrons. The summed E-state index contributed by atoms with van der Waals surface area (Å²) in [6.07, 6.45) is 21.5. The summed E-state index contributed by atoms with van der Waals surface area (Å²) >= 11 is 15.3. The Morgan fingerprint density at radius 1 is 0.440 bits per heavy atom. The van der Waals surface area contributed by atoms with E-state index in [1.165, 1.54) is 103 Å². The Morgan fingerprint density at radius 3 is 0.840 bits per heavy atom. The minimum absolute atomic E-state index is 0.686. The molecule has 4 aliphatic carbocycles. The van der Waals surface area contributed by atoms with Gasteiger partial charge in [-0.3, -0.25) is 0 Å². The van der Waals surface area contributed by atoms with Gasteiger partial charge in [-0.1, -0.05) is 51.4 Å². The third-order valence-corrected chi connectivity index (χ3v) is 22.3. The van der Waals surface area contributed by atoms with Gasteiger partial charge in [-0.25, -0.2) is 0 Å². The van der Waals surface area contributed by atoms with Crippen molar-refractivity contribution in [3.05, 3.63) is 0 Å². The van der Waals surface area contributed by atoms with Crippen molar-refractivity contribution in [3.63, 3.8) is 0 Å². The lowest BCUT2D eigenvalue weighted by atomic mass is 10.3. The molecule has 4 saturated carbocycles. The van der Waals surface area contributed by atoms with Crippen LogP contribution < -0.4 is 0 Å². The SMILES string of the molecule is Cl[Si](O[Si](Cl)(C1CCCC1)C1CCCC1)(C1CCCC1)C1CCCC1. The second-order valence-electron chi connectivity index (χ2n) is 9.42. The fourth-order valence-electron chi connectivity index (χ4n) is 6.52. The first kappa shape index (κ1) is 19.3. The Morgan fingerprint density at radius 2 is 0.640 bits per heavy atom. The number of halogens is 2. The maximum Gasteiger partial charge on any atom is 0.287 e. The van der Waals surface area contributed by atoms with Gasteiger partial charge in [0.15, 0.2) is 0 Å². The van der Waals surface area contributed by atoms with Crippen molar-refractivity contribution in [3.8, 4) is 0 Å². The van der Waals surface area contributed by atoms with Crippen LogP contribution in [-0.2, 0) is 4.12 Å². The fraction of sp³-hybridized carbons (Fsp3) is 1.00. The minimum Gasteiger partial charge on any atom is -0.432 e. The Hall–Kier alpha value is 0.974. The highest BCUT2D eigenvalue weighted by Gasteiger charge is 2.59. The van der Waals surface area contributed by atoms with Crippen molar-refractivity contribution in [2.45, 2.75) is 125 Å². The van der Waals surface area contributed by atoms with Gasteiger partial charge in [0, 0.05) is 0 Å². The van der Waals surface area contributed by atoms with E-state index in [-0.39, 0.29) is 0 Å². The minimum atomic E-state index is -2.25. The summed E-state index contributed by atoms with van der Waals surface area (Å²) in [6, 6.07) is 0. The summed E-state index contributed by atoms with van der Waals surface area (Å²) in [7, 11) is -4.50. The number of rotatable bonds is 6. The molecule has 0 atom stereocenters. The van der Waals surface area contributed by atoms with Crippen LogP contribution in [0.5, 0.6) is 0 Å². The molecule has 0 heterocycles. The molecule has 0 amide bonds. The Bertz CT molecular complexity index is 365. The molecule has 0 radical (unpaired) electrons. The lowest BCUT2D eigenvalue weighted by Gasteiger charge is -2.46. The third-order valence-electron chi connectivity index (χ3n) is 7.96. The molecule has 0 spiro atoms. The molecule has 5 heteroatoms. The average Bonchev–Trinajstić information content (AvgIpc) is 3.45. The van der Waals surface area contributed by atoms with E-state index in [0.29, 0.717) is 22.2 Å². The van der Waals surface area contributed by atoms with Crippen LogP contribution in [0.3, 0.4) is 0 Å². The topological polar surface area (TPSA) is 9.23 Å². The second kappa shape index (κ2) is 8.15. The van der Waals surface area contributed by atoms with Gasteiger partial charge in [0.2, 0.25) is 0 Å². The van der Waals surface area contributed by atoms with Crippen molar-refractivity contribution < 1.29 is 4.12 Å². The predicted molar refractivity (Wildman–Crippen MR) is 113 cm³/mol. The summed E-state index contributed by atoms with van der Waals surface area (Å²) in [5.74, 6) is 0. The van der Waals surface area contributed by atoms with Crippen molar-refractivity contribution in [2.24, 2.45) is 0 Å². The highest BCUT2D eigenvalue weighted by Crippen LogP contribution is 2.59. The number of hydrogen-bond donors (Lipinski definition) is 0. The molecule has 0 unspecified atom stereocenters. The first-order valence-electron chi connectivity index (χ1n) is 11.2. The molecular weight excluding hydrogens is 383 g/mol. The summed E-state index contributed by atoms with van der Waals surface area (Å²) in [5.41, 5.74) is 2.74. The molecular formula is C20H36Cl2OSi2. The van der Waals surface area contributed by atoms with Gasteiger partial charge in [-0.15, -0.1) is 22.2 Å². The van der Waals surface area contributed by atoms with E-state index in [0.717, 1.165) is 0 Å². The highest BCUT2D eigenvalue weighted by molar-refractivity contribution is 7.27. The van der Waals surface area contributed by atoms with Gasteiger partial charge in [-0.05, 0) is 73.5 Å². The van der Waals surface area contributed by atoms with E-state index >= 15 is 0 Å². The first-order chi connectivity index (χ1) is 12.1. The molecule has 1 nitrogen and oxygen atoms in total. The fourth-order valence-corrected chi connectivity index (χ4v) is 22.5. The van der Waals surface area contributed by atoms with E-state index < -0.39 is 15.3 Å². The monoisotopic (exact) mass is 418 g/mol. The summed E-state index contributed by atoms with van der Waals surface area (Å²) in [4.78, 5) is 0. The van der Waals surface area contributed by atoms with Crippen LogP contribution in [0.4, 0.5) is 0 Å². The molecule has 4 fully saturated rings. The summed E-state index contributed by atoms with van der Waals surface area (Å²) < 4.78 is 7.37. The predicted octanol–water partition coefficient (Wildman–Crippen LogP) is 8.14. The average molecular weight is 420 g/mol. The van der Waals surface area contributed by atoms with Crippen LogP contribution in [0, 0.1) is 0 Å². The van der Waals surface area contributed by atoms with E-state index in [2.05, 4.69) is 0 Å². The molecule has 0 N–H and O–H groups in total. The van der Waals surface area contributed by atoms with E-state index in [4.69, 9.17) is 26.3 Å². The van der Waals surface area contributed by atoms with Crippen molar-refractivity contribution >= 4 is 37.4 Å². The van der Waals surface area contributed by atoms with E-state index in [1.54, 1.807) is 0 Å². The zero-order valence-electron chi connectivity index (χ0n) is 15.8. The van der Waals surface area contributed by atoms with Crippen LogP contribution in [-0.4, -0.2) is 15.3 Å². The van der Waals surface area contributed by atoms with E-state index in [1.807, 2.05) is 0 Å². The molecule has 4 aliphatic rings. The van der Waals surface area contributed by atoms with Crippen molar-refractivity contribution in [1.82, 2.24) is 0 Å². The molecule has 0 aromatic carbocycles. The second-order valence-corrected chi connectivity index (χ2v) is 19.8. The van der Waals surface area contributed by atoms with Gasteiger partial charge in [0.05, 0.1) is 0 Å². The Labute approximate surface area is 166 Å². The van der Waals surface area contributed by atoms with Gasteiger partial charge in [0.25, 0.3) is 15.3 Å². The summed E-state index contributed by atoms with van der Waals surface area (Å²) in [5, 5.41) is 0. The Kier molecular flexibility index (Phi) is 6.29. The molecule has 25 heavy (non-hydrogen) atoms. The highest BCUT2D eigenvalue weighted by atomic mass is 35.6. The number of hydrogen-bond acceptors (Lipinski definition) is 1. The van der Waals surface area contributed by atoms with E-state index in [9.17, 15) is 0 Å².